The van der Waals surface area contributed by atoms with Gasteiger partial charge in [-0.25, -0.2) is 4.79 Å². The third kappa shape index (κ3) is 6.08. The molecular formula is C18H21N3O3. The van der Waals surface area contributed by atoms with Crippen molar-refractivity contribution in [3.8, 4) is 0 Å². The molecule has 1 aromatic carbocycles. The molecule has 0 atom stereocenters. The van der Waals surface area contributed by atoms with E-state index in [2.05, 4.69) is 10.3 Å². The first-order chi connectivity index (χ1) is 11.6. The van der Waals surface area contributed by atoms with Gasteiger partial charge >= 0.3 is 12.0 Å². The highest BCUT2D eigenvalue weighted by Gasteiger charge is 2.14. The number of carboxylic acids is 1. The maximum Gasteiger partial charge on any atom is 0.317 e. The summed E-state index contributed by atoms with van der Waals surface area (Å²) in [5, 5.41) is 11.3. The van der Waals surface area contributed by atoms with Crippen molar-refractivity contribution >= 4 is 12.0 Å². The summed E-state index contributed by atoms with van der Waals surface area (Å²) in [6, 6.07) is 13.4. The first kappa shape index (κ1) is 17.5. The minimum absolute atomic E-state index is 0.0898. The van der Waals surface area contributed by atoms with E-state index in [9.17, 15) is 9.59 Å². The summed E-state index contributed by atoms with van der Waals surface area (Å²) in [7, 11) is 0. The number of amides is 2. The molecule has 6 heteroatoms. The van der Waals surface area contributed by atoms with Gasteiger partial charge in [0.2, 0.25) is 0 Å². The van der Waals surface area contributed by atoms with Crippen LogP contribution in [0, 0.1) is 0 Å². The summed E-state index contributed by atoms with van der Waals surface area (Å²) in [4.78, 5) is 28.6. The first-order valence-corrected chi connectivity index (χ1v) is 7.82. The molecule has 0 aliphatic carbocycles. The van der Waals surface area contributed by atoms with Gasteiger partial charge in [-0.1, -0.05) is 30.3 Å². The standard InChI is InChI=1S/C18H21N3O3/c22-17(23)8-12-20-18(24)21(14-16-6-10-19-11-7-16)13-9-15-4-2-1-3-5-15/h1-7,10-11H,8-9,12-14H2,(H,20,24)(H,22,23). The summed E-state index contributed by atoms with van der Waals surface area (Å²) in [6.07, 6.45) is 4.02. The molecule has 1 heterocycles. The van der Waals surface area contributed by atoms with E-state index >= 15 is 0 Å². The minimum Gasteiger partial charge on any atom is -0.481 e. The second-order valence-corrected chi connectivity index (χ2v) is 5.39. The number of urea groups is 1. The SMILES string of the molecule is O=C(O)CCNC(=O)N(CCc1ccccc1)Cc1ccncc1. The molecule has 0 saturated carbocycles. The molecule has 0 aliphatic heterocycles. The Bertz CT molecular complexity index is 647. The zero-order valence-electron chi connectivity index (χ0n) is 13.4. The van der Waals surface area contributed by atoms with E-state index in [1.807, 2.05) is 42.5 Å². The molecule has 6 nitrogen and oxygen atoms in total. The lowest BCUT2D eigenvalue weighted by Crippen LogP contribution is -2.41. The summed E-state index contributed by atoms with van der Waals surface area (Å²) in [6.45, 7) is 1.12. The molecule has 0 spiro atoms. The van der Waals surface area contributed by atoms with Crippen LogP contribution in [-0.4, -0.2) is 40.1 Å². The fourth-order valence-corrected chi connectivity index (χ4v) is 2.26. The van der Waals surface area contributed by atoms with Gasteiger partial charge in [0.05, 0.1) is 6.42 Å². The molecule has 0 fully saturated rings. The van der Waals surface area contributed by atoms with Gasteiger partial charge < -0.3 is 15.3 Å². The van der Waals surface area contributed by atoms with Gasteiger partial charge in [-0.2, -0.15) is 0 Å². The Balaban J connectivity index is 1.97. The number of aliphatic carboxylic acids is 1. The molecule has 0 radical (unpaired) electrons. The van der Waals surface area contributed by atoms with Crippen LogP contribution in [0.1, 0.15) is 17.5 Å². The number of pyridine rings is 1. The second kappa shape index (κ2) is 9.29. The number of nitrogens with zero attached hydrogens (tertiary/aromatic N) is 2. The lowest BCUT2D eigenvalue weighted by atomic mass is 10.1. The molecule has 2 N–H and O–H groups in total. The molecule has 2 rings (SSSR count). The maximum absolute atomic E-state index is 12.4. The Kier molecular flexibility index (Phi) is 6.76. The molecule has 126 valence electrons. The van der Waals surface area contributed by atoms with Gasteiger partial charge in [0.15, 0.2) is 0 Å². The Labute approximate surface area is 141 Å². The highest BCUT2D eigenvalue weighted by atomic mass is 16.4. The number of carbonyl (C=O) groups excluding carboxylic acids is 1. The summed E-state index contributed by atoms with van der Waals surface area (Å²) < 4.78 is 0. The van der Waals surface area contributed by atoms with E-state index in [0.29, 0.717) is 13.1 Å². The quantitative estimate of drug-likeness (QED) is 0.779. The van der Waals surface area contributed by atoms with Crippen molar-refractivity contribution in [2.75, 3.05) is 13.1 Å². The van der Waals surface area contributed by atoms with E-state index in [1.165, 1.54) is 0 Å². The van der Waals surface area contributed by atoms with Crippen molar-refractivity contribution in [1.82, 2.24) is 15.2 Å². The number of aromatic nitrogens is 1. The average Bonchev–Trinajstić information content (AvgIpc) is 2.60. The van der Waals surface area contributed by atoms with E-state index in [0.717, 1.165) is 17.5 Å². The van der Waals surface area contributed by atoms with Gasteiger partial charge in [-0.15, -0.1) is 0 Å². The van der Waals surface area contributed by atoms with Gasteiger partial charge in [0.1, 0.15) is 0 Å². The lowest BCUT2D eigenvalue weighted by Gasteiger charge is -2.23. The van der Waals surface area contributed by atoms with Crippen LogP contribution in [0.25, 0.3) is 0 Å². The number of carbonyl (C=O) groups is 2. The zero-order chi connectivity index (χ0) is 17.2. The predicted octanol–water partition coefficient (Wildman–Crippen LogP) is 2.31. The second-order valence-electron chi connectivity index (χ2n) is 5.39. The number of nitrogens with one attached hydrogen (secondary N) is 1. The van der Waals surface area contributed by atoms with Crippen LogP contribution in [0.3, 0.4) is 0 Å². The Morgan fingerprint density at radius 1 is 1.04 bits per heavy atom. The van der Waals surface area contributed by atoms with E-state index in [4.69, 9.17) is 5.11 Å². The van der Waals surface area contributed by atoms with Crippen LogP contribution in [0.4, 0.5) is 4.79 Å². The molecule has 0 bridgehead atoms. The van der Waals surface area contributed by atoms with Crippen LogP contribution in [0.5, 0.6) is 0 Å². The first-order valence-electron chi connectivity index (χ1n) is 7.82. The largest absolute Gasteiger partial charge is 0.481 e. The number of rotatable bonds is 8. The minimum atomic E-state index is -0.930. The molecule has 0 saturated heterocycles. The van der Waals surface area contributed by atoms with Crippen LogP contribution < -0.4 is 5.32 Å². The van der Waals surface area contributed by atoms with Crippen molar-refractivity contribution in [2.45, 2.75) is 19.4 Å². The zero-order valence-corrected chi connectivity index (χ0v) is 13.4. The van der Waals surface area contributed by atoms with Crippen molar-refractivity contribution in [3.63, 3.8) is 0 Å². The van der Waals surface area contributed by atoms with Crippen LogP contribution in [-0.2, 0) is 17.8 Å². The van der Waals surface area contributed by atoms with Crippen LogP contribution in [0.2, 0.25) is 0 Å². The monoisotopic (exact) mass is 327 g/mol. The fraction of sp³-hybridized carbons (Fsp3) is 0.278. The summed E-state index contributed by atoms with van der Waals surface area (Å²) in [5.74, 6) is -0.930. The number of hydrogen-bond acceptors (Lipinski definition) is 3. The predicted molar refractivity (Wildman–Crippen MR) is 90.4 cm³/mol. The maximum atomic E-state index is 12.4. The fourth-order valence-electron chi connectivity index (χ4n) is 2.26. The number of benzene rings is 1. The molecule has 2 amide bonds. The van der Waals surface area contributed by atoms with Crippen molar-refractivity contribution in [3.05, 3.63) is 66.0 Å². The molecule has 24 heavy (non-hydrogen) atoms. The smallest absolute Gasteiger partial charge is 0.317 e. The average molecular weight is 327 g/mol. The third-order valence-corrected chi connectivity index (χ3v) is 3.54. The molecule has 0 aliphatic rings. The highest BCUT2D eigenvalue weighted by molar-refractivity contribution is 5.75. The Morgan fingerprint density at radius 2 is 1.75 bits per heavy atom. The molecule has 0 unspecified atom stereocenters. The van der Waals surface area contributed by atoms with Gasteiger partial charge in [-0.3, -0.25) is 9.78 Å². The van der Waals surface area contributed by atoms with Gasteiger partial charge in [-0.05, 0) is 29.7 Å². The molecule has 2 aromatic rings. The topological polar surface area (TPSA) is 82.5 Å². The van der Waals surface area contributed by atoms with Crippen molar-refractivity contribution in [2.24, 2.45) is 0 Å². The molecular weight excluding hydrogens is 306 g/mol. The van der Waals surface area contributed by atoms with Crippen molar-refractivity contribution in [1.29, 1.82) is 0 Å². The van der Waals surface area contributed by atoms with E-state index in [-0.39, 0.29) is 19.0 Å². The van der Waals surface area contributed by atoms with Gasteiger partial charge in [0, 0.05) is 32.0 Å². The van der Waals surface area contributed by atoms with Crippen LogP contribution >= 0.6 is 0 Å². The third-order valence-electron chi connectivity index (χ3n) is 3.54. The summed E-state index contributed by atoms with van der Waals surface area (Å²) in [5.41, 5.74) is 2.13. The van der Waals surface area contributed by atoms with Crippen molar-refractivity contribution < 1.29 is 14.7 Å². The normalized spacial score (nSPS) is 10.2. The summed E-state index contributed by atoms with van der Waals surface area (Å²) >= 11 is 0. The number of hydrogen-bond donors (Lipinski definition) is 2. The molecule has 1 aromatic heterocycles. The van der Waals surface area contributed by atoms with E-state index < -0.39 is 5.97 Å². The van der Waals surface area contributed by atoms with E-state index in [1.54, 1.807) is 17.3 Å². The van der Waals surface area contributed by atoms with Crippen LogP contribution in [0.15, 0.2) is 54.9 Å². The van der Waals surface area contributed by atoms with Gasteiger partial charge in [0.25, 0.3) is 0 Å². The Hall–Kier alpha value is -2.89. The lowest BCUT2D eigenvalue weighted by molar-refractivity contribution is -0.136. The number of carboxylic acid groups (broad SMARTS) is 1. The Morgan fingerprint density at radius 3 is 2.42 bits per heavy atom. The highest BCUT2D eigenvalue weighted by Crippen LogP contribution is 2.07.